The van der Waals surface area contributed by atoms with Crippen molar-refractivity contribution in [2.75, 3.05) is 23.7 Å². The Labute approximate surface area is 115 Å². The molecule has 2 N–H and O–H groups in total. The molecule has 5 nitrogen and oxygen atoms in total. The Morgan fingerprint density at radius 1 is 1.47 bits per heavy atom. The molecule has 1 aliphatic heterocycles. The number of ether oxygens (including phenoxy) is 1. The van der Waals surface area contributed by atoms with Crippen molar-refractivity contribution in [3.63, 3.8) is 0 Å². The Morgan fingerprint density at radius 2 is 2.16 bits per heavy atom. The molecule has 0 saturated carbocycles. The van der Waals surface area contributed by atoms with Crippen molar-refractivity contribution in [1.82, 2.24) is 9.78 Å². The molecule has 1 aromatic heterocycles. The minimum absolute atomic E-state index is 0.153. The van der Waals surface area contributed by atoms with Crippen molar-refractivity contribution in [2.45, 2.75) is 52.2 Å². The van der Waals surface area contributed by atoms with Crippen LogP contribution in [0.2, 0.25) is 0 Å². The highest BCUT2D eigenvalue weighted by molar-refractivity contribution is 5.67. The Morgan fingerprint density at radius 3 is 2.74 bits per heavy atom. The van der Waals surface area contributed by atoms with Crippen LogP contribution in [0.15, 0.2) is 0 Å². The molecule has 0 bridgehead atoms. The van der Waals surface area contributed by atoms with E-state index in [1.54, 1.807) is 0 Å². The van der Waals surface area contributed by atoms with E-state index in [1.165, 1.54) is 0 Å². The van der Waals surface area contributed by atoms with Crippen LogP contribution in [0.3, 0.4) is 0 Å². The van der Waals surface area contributed by atoms with Gasteiger partial charge in [0, 0.05) is 20.1 Å². The lowest BCUT2D eigenvalue weighted by molar-refractivity contribution is -0.0752. The summed E-state index contributed by atoms with van der Waals surface area (Å²) in [6.07, 6.45) is 2.20. The lowest BCUT2D eigenvalue weighted by Gasteiger charge is -2.42. The number of morpholine rings is 1. The maximum absolute atomic E-state index is 6.29. The number of hydrogen-bond donors (Lipinski definition) is 1. The average Bonchev–Trinajstić information content (AvgIpc) is 2.51. The molecule has 2 heterocycles. The molecule has 5 heteroatoms. The molecule has 2 rings (SSSR count). The molecule has 1 aliphatic rings. The summed E-state index contributed by atoms with van der Waals surface area (Å²) in [6.45, 7) is 10.2. The topological polar surface area (TPSA) is 56.3 Å². The van der Waals surface area contributed by atoms with E-state index < -0.39 is 0 Å². The minimum atomic E-state index is -0.153. The van der Waals surface area contributed by atoms with Gasteiger partial charge < -0.3 is 15.4 Å². The quantitative estimate of drug-likeness (QED) is 0.908. The molecule has 0 aliphatic carbocycles. The van der Waals surface area contributed by atoms with Crippen LogP contribution in [0.4, 0.5) is 11.5 Å². The predicted molar refractivity (Wildman–Crippen MR) is 78.5 cm³/mol. The fourth-order valence-corrected chi connectivity index (χ4v) is 3.00. The first-order valence-electron chi connectivity index (χ1n) is 7.08. The van der Waals surface area contributed by atoms with Gasteiger partial charge in [-0.1, -0.05) is 13.3 Å². The Kier molecular flexibility index (Phi) is 3.76. The molecule has 1 aromatic rings. The van der Waals surface area contributed by atoms with Gasteiger partial charge in [0.1, 0.15) is 0 Å². The molecule has 0 radical (unpaired) electrons. The van der Waals surface area contributed by atoms with Crippen LogP contribution in [0.1, 0.15) is 39.8 Å². The minimum Gasteiger partial charge on any atom is -0.394 e. The van der Waals surface area contributed by atoms with E-state index in [4.69, 9.17) is 10.5 Å². The molecule has 1 saturated heterocycles. The van der Waals surface area contributed by atoms with E-state index in [0.717, 1.165) is 43.1 Å². The summed E-state index contributed by atoms with van der Waals surface area (Å²) in [5.74, 6) is 1.03. The van der Waals surface area contributed by atoms with Crippen molar-refractivity contribution in [1.29, 1.82) is 0 Å². The van der Waals surface area contributed by atoms with Crippen molar-refractivity contribution < 1.29 is 4.74 Å². The van der Waals surface area contributed by atoms with Crippen molar-refractivity contribution in [3.8, 4) is 0 Å². The molecule has 0 amide bonds. The first kappa shape index (κ1) is 14.2. The van der Waals surface area contributed by atoms with Crippen molar-refractivity contribution >= 4 is 11.5 Å². The molecular formula is C14H26N4O. The molecule has 1 unspecified atom stereocenters. The second-order valence-corrected chi connectivity index (χ2v) is 6.13. The maximum Gasteiger partial charge on any atom is 0.150 e. The van der Waals surface area contributed by atoms with Gasteiger partial charge in [0.15, 0.2) is 5.82 Å². The SMILES string of the molecule is CCCc1nn(C)c(N2CC(C)OC(C)(C)C2)c1N. The van der Waals surface area contributed by atoms with Gasteiger partial charge in [0.25, 0.3) is 0 Å². The van der Waals surface area contributed by atoms with Crippen LogP contribution in [0, 0.1) is 0 Å². The monoisotopic (exact) mass is 266 g/mol. The Bertz CT molecular complexity index is 453. The number of rotatable bonds is 3. The zero-order valence-corrected chi connectivity index (χ0v) is 12.7. The highest BCUT2D eigenvalue weighted by Crippen LogP contribution is 2.31. The second-order valence-electron chi connectivity index (χ2n) is 6.13. The van der Waals surface area contributed by atoms with Gasteiger partial charge in [-0.15, -0.1) is 0 Å². The molecule has 1 fully saturated rings. The number of nitrogen functional groups attached to an aromatic ring is 1. The van der Waals surface area contributed by atoms with E-state index in [9.17, 15) is 0 Å². The van der Waals surface area contributed by atoms with Crippen LogP contribution in [-0.2, 0) is 18.2 Å². The summed E-state index contributed by atoms with van der Waals surface area (Å²) in [5, 5.41) is 4.56. The lowest BCUT2D eigenvalue weighted by Crippen LogP contribution is -2.52. The summed E-state index contributed by atoms with van der Waals surface area (Å²) in [7, 11) is 1.97. The van der Waals surface area contributed by atoms with Gasteiger partial charge in [-0.3, -0.25) is 4.68 Å². The van der Waals surface area contributed by atoms with Crippen molar-refractivity contribution in [2.24, 2.45) is 7.05 Å². The van der Waals surface area contributed by atoms with Crippen LogP contribution in [0.25, 0.3) is 0 Å². The third-order valence-electron chi connectivity index (χ3n) is 3.48. The highest BCUT2D eigenvalue weighted by Gasteiger charge is 2.33. The molecule has 108 valence electrons. The summed E-state index contributed by atoms with van der Waals surface area (Å²) >= 11 is 0. The predicted octanol–water partition coefficient (Wildman–Crippen LogP) is 1.96. The van der Waals surface area contributed by atoms with Gasteiger partial charge in [-0.2, -0.15) is 5.10 Å². The zero-order valence-electron chi connectivity index (χ0n) is 12.7. The maximum atomic E-state index is 6.29. The van der Waals surface area contributed by atoms with Crippen LogP contribution in [-0.4, -0.2) is 34.6 Å². The second kappa shape index (κ2) is 5.04. The van der Waals surface area contributed by atoms with Gasteiger partial charge >= 0.3 is 0 Å². The first-order valence-corrected chi connectivity index (χ1v) is 7.08. The average molecular weight is 266 g/mol. The largest absolute Gasteiger partial charge is 0.394 e. The third-order valence-corrected chi connectivity index (χ3v) is 3.48. The van der Waals surface area contributed by atoms with Crippen LogP contribution >= 0.6 is 0 Å². The zero-order chi connectivity index (χ0) is 14.2. The van der Waals surface area contributed by atoms with Crippen LogP contribution < -0.4 is 10.6 Å². The van der Waals surface area contributed by atoms with E-state index in [-0.39, 0.29) is 11.7 Å². The standard InChI is InChI=1S/C14H26N4O/c1-6-7-11-12(15)13(17(5)16-11)18-8-10(2)19-14(3,4)9-18/h10H,6-9,15H2,1-5H3. The Hall–Kier alpha value is -1.23. The summed E-state index contributed by atoms with van der Waals surface area (Å²) in [4.78, 5) is 2.30. The summed E-state index contributed by atoms with van der Waals surface area (Å²) in [6, 6.07) is 0. The van der Waals surface area contributed by atoms with E-state index in [2.05, 4.69) is 37.7 Å². The smallest absolute Gasteiger partial charge is 0.150 e. The fraction of sp³-hybridized carbons (Fsp3) is 0.786. The first-order chi connectivity index (χ1) is 8.84. The lowest BCUT2D eigenvalue weighted by atomic mass is 10.1. The van der Waals surface area contributed by atoms with Gasteiger partial charge in [0.2, 0.25) is 0 Å². The Balaban J connectivity index is 2.31. The van der Waals surface area contributed by atoms with E-state index >= 15 is 0 Å². The number of aryl methyl sites for hydroxylation is 2. The number of aromatic nitrogens is 2. The fourth-order valence-electron chi connectivity index (χ4n) is 3.00. The van der Waals surface area contributed by atoms with E-state index in [0.29, 0.717) is 0 Å². The van der Waals surface area contributed by atoms with Gasteiger partial charge in [0.05, 0.1) is 23.1 Å². The van der Waals surface area contributed by atoms with Gasteiger partial charge in [-0.25, -0.2) is 0 Å². The molecule has 1 atom stereocenters. The van der Waals surface area contributed by atoms with E-state index in [1.807, 2.05) is 11.7 Å². The summed E-state index contributed by atoms with van der Waals surface area (Å²) < 4.78 is 7.86. The highest BCUT2D eigenvalue weighted by atomic mass is 16.5. The third kappa shape index (κ3) is 2.86. The summed E-state index contributed by atoms with van der Waals surface area (Å²) in [5.41, 5.74) is 7.97. The van der Waals surface area contributed by atoms with Gasteiger partial charge in [-0.05, 0) is 27.2 Å². The molecular weight excluding hydrogens is 240 g/mol. The molecule has 0 spiro atoms. The molecule has 19 heavy (non-hydrogen) atoms. The normalized spacial score (nSPS) is 22.8. The van der Waals surface area contributed by atoms with Crippen molar-refractivity contribution in [3.05, 3.63) is 5.69 Å². The van der Waals surface area contributed by atoms with Crippen LogP contribution in [0.5, 0.6) is 0 Å². The number of nitrogens with two attached hydrogens (primary N) is 1. The number of nitrogens with zero attached hydrogens (tertiary/aromatic N) is 3. The number of hydrogen-bond acceptors (Lipinski definition) is 4. The number of anilines is 2. The molecule has 0 aromatic carbocycles.